The normalized spacial score (nSPS) is 32.7. The van der Waals surface area contributed by atoms with Gasteiger partial charge in [-0.15, -0.1) is 0 Å². The number of aromatic nitrogens is 2. The summed E-state index contributed by atoms with van der Waals surface area (Å²) in [7, 11) is 0. The van der Waals surface area contributed by atoms with Crippen molar-refractivity contribution in [1.29, 1.82) is 0 Å². The minimum absolute atomic E-state index is 0.0315. The van der Waals surface area contributed by atoms with Gasteiger partial charge < -0.3 is 4.90 Å². The maximum Gasteiger partial charge on any atom is 0.160 e. The molecule has 1 saturated heterocycles. The summed E-state index contributed by atoms with van der Waals surface area (Å²) in [5.74, 6) is 2.92. The Morgan fingerprint density at radius 2 is 1.65 bits per heavy atom. The molecule has 0 N–H and O–H groups in total. The predicted octanol–water partition coefficient (Wildman–Crippen LogP) is 5.24. The van der Waals surface area contributed by atoms with Crippen molar-refractivity contribution in [2.75, 3.05) is 19.6 Å². The molecule has 1 aromatic carbocycles. The zero-order valence-corrected chi connectivity index (χ0v) is 18.9. The topological polar surface area (TPSA) is 38.1 Å². The van der Waals surface area contributed by atoms with Gasteiger partial charge in [-0.25, -0.2) is 0 Å². The first-order valence-electron chi connectivity index (χ1n) is 12.9. The lowest BCUT2D eigenvalue weighted by molar-refractivity contribution is -0.144. The lowest BCUT2D eigenvalue weighted by Gasteiger charge is -2.55. The molecule has 7 rings (SSSR count). The van der Waals surface area contributed by atoms with Gasteiger partial charge in [0.05, 0.1) is 11.2 Å². The van der Waals surface area contributed by atoms with Crippen molar-refractivity contribution in [2.24, 2.45) is 23.2 Å². The summed E-state index contributed by atoms with van der Waals surface area (Å²) in [6.07, 6.45) is 13.9. The molecule has 2 heterocycles. The molecule has 0 atom stereocenters. The van der Waals surface area contributed by atoms with Crippen LogP contribution in [0.4, 0.5) is 0 Å². The van der Waals surface area contributed by atoms with E-state index in [4.69, 9.17) is 5.10 Å². The number of para-hydroxylation sites is 1. The molecule has 5 aliphatic rings. The highest BCUT2D eigenvalue weighted by atomic mass is 16.1. The van der Waals surface area contributed by atoms with Crippen LogP contribution < -0.4 is 0 Å². The Balaban J connectivity index is 1.18. The molecular formula is C27H37N3O. The summed E-state index contributed by atoms with van der Waals surface area (Å²) in [6.45, 7) is 4.16. The summed E-state index contributed by atoms with van der Waals surface area (Å²) in [4.78, 5) is 16.3. The number of Topliss-reactive ketones (excluding diaryl/α,β-unsaturated/α-hetero) is 1. The van der Waals surface area contributed by atoms with Crippen molar-refractivity contribution < 1.29 is 4.79 Å². The van der Waals surface area contributed by atoms with E-state index in [1.807, 2.05) is 4.68 Å². The van der Waals surface area contributed by atoms with Crippen molar-refractivity contribution in [1.82, 2.24) is 14.7 Å². The standard InChI is InChI=1S/C27H37N3O/c31-26(27-16-20-13-21(17-27)15-22(14-20)18-27)19-30-25-9-3-2-7-23(25)24(28-30)8-6-12-29-10-4-1-5-11-29/h2-3,7,9,20-22H,1,4-6,8,10-19H2. The van der Waals surface area contributed by atoms with E-state index < -0.39 is 0 Å². The summed E-state index contributed by atoms with van der Waals surface area (Å²) < 4.78 is 2.05. The number of fused-ring (bicyclic) bond motifs is 1. The number of aryl methyl sites for hydroxylation is 1. The van der Waals surface area contributed by atoms with E-state index in [1.165, 1.54) is 69.2 Å². The number of hydrogen-bond donors (Lipinski definition) is 0. The lowest BCUT2D eigenvalue weighted by Crippen LogP contribution is -2.50. The highest BCUT2D eigenvalue weighted by molar-refractivity contribution is 5.88. The molecular weight excluding hydrogens is 382 g/mol. The zero-order chi connectivity index (χ0) is 20.8. The minimum atomic E-state index is -0.0315. The molecule has 4 saturated carbocycles. The molecule has 31 heavy (non-hydrogen) atoms. The van der Waals surface area contributed by atoms with E-state index in [9.17, 15) is 4.79 Å². The number of ketones is 1. The maximum absolute atomic E-state index is 13.7. The van der Waals surface area contributed by atoms with E-state index in [0.717, 1.165) is 55.4 Å². The van der Waals surface area contributed by atoms with Crippen LogP contribution >= 0.6 is 0 Å². The SMILES string of the molecule is O=C(Cn1nc(CCCN2CCCCC2)c2ccccc21)C12CC3CC(CC(C3)C1)C2. The number of benzene rings is 1. The van der Waals surface area contributed by atoms with Crippen molar-refractivity contribution >= 4 is 16.7 Å². The molecule has 0 spiro atoms. The van der Waals surface area contributed by atoms with E-state index in [-0.39, 0.29) is 5.41 Å². The van der Waals surface area contributed by atoms with Crippen LogP contribution in [0.2, 0.25) is 0 Å². The third-order valence-electron chi connectivity index (χ3n) is 8.99. The number of hydrogen-bond acceptors (Lipinski definition) is 3. The summed E-state index contributed by atoms with van der Waals surface area (Å²) in [5.41, 5.74) is 2.30. The molecule has 0 unspecified atom stereocenters. The predicted molar refractivity (Wildman–Crippen MR) is 124 cm³/mol. The number of likely N-dealkylation sites (tertiary alicyclic amines) is 1. The Kier molecular flexibility index (Phi) is 5.17. The largest absolute Gasteiger partial charge is 0.303 e. The van der Waals surface area contributed by atoms with E-state index in [2.05, 4.69) is 29.2 Å². The second kappa shape index (κ2) is 8.03. The van der Waals surface area contributed by atoms with Crippen LogP contribution in [0.1, 0.15) is 69.9 Å². The van der Waals surface area contributed by atoms with Crippen LogP contribution in [0.3, 0.4) is 0 Å². The van der Waals surface area contributed by atoms with E-state index in [0.29, 0.717) is 12.3 Å². The highest BCUT2D eigenvalue weighted by Crippen LogP contribution is 2.60. The molecule has 0 radical (unpaired) electrons. The minimum Gasteiger partial charge on any atom is -0.303 e. The second-order valence-electron chi connectivity index (χ2n) is 11.2. The average molecular weight is 420 g/mol. The van der Waals surface area contributed by atoms with Crippen LogP contribution in [0, 0.1) is 23.2 Å². The lowest BCUT2D eigenvalue weighted by atomic mass is 9.48. The molecule has 4 nitrogen and oxygen atoms in total. The first-order valence-corrected chi connectivity index (χ1v) is 12.9. The number of carbonyl (C=O) groups excluding carboxylic acids is 1. The second-order valence-corrected chi connectivity index (χ2v) is 11.2. The first-order chi connectivity index (χ1) is 15.2. The third kappa shape index (κ3) is 3.75. The molecule has 0 amide bonds. The quantitative estimate of drug-likeness (QED) is 0.616. The van der Waals surface area contributed by atoms with Crippen LogP contribution in [-0.2, 0) is 17.8 Å². The number of piperidine rings is 1. The maximum atomic E-state index is 13.7. The van der Waals surface area contributed by atoms with Gasteiger partial charge in [-0.3, -0.25) is 9.48 Å². The van der Waals surface area contributed by atoms with Gasteiger partial charge in [0.15, 0.2) is 5.78 Å². The van der Waals surface area contributed by atoms with Gasteiger partial charge in [0.25, 0.3) is 0 Å². The summed E-state index contributed by atoms with van der Waals surface area (Å²) in [5, 5.41) is 6.27. The van der Waals surface area contributed by atoms with Gasteiger partial charge in [0.2, 0.25) is 0 Å². The molecule has 1 aromatic heterocycles. The van der Waals surface area contributed by atoms with Crippen molar-refractivity contribution in [3.05, 3.63) is 30.0 Å². The van der Waals surface area contributed by atoms with Crippen LogP contribution in [0.25, 0.3) is 10.9 Å². The van der Waals surface area contributed by atoms with Crippen LogP contribution in [0.15, 0.2) is 24.3 Å². The fraction of sp³-hybridized carbons (Fsp3) is 0.704. The molecule has 5 fully saturated rings. The van der Waals surface area contributed by atoms with Gasteiger partial charge >= 0.3 is 0 Å². The number of carbonyl (C=O) groups is 1. The highest BCUT2D eigenvalue weighted by Gasteiger charge is 2.54. The smallest absolute Gasteiger partial charge is 0.160 e. The average Bonchev–Trinajstić information content (AvgIpc) is 3.11. The monoisotopic (exact) mass is 419 g/mol. The molecule has 4 heteroatoms. The van der Waals surface area contributed by atoms with Gasteiger partial charge in [-0.05, 0) is 108 Å². The van der Waals surface area contributed by atoms with Crippen molar-refractivity contribution in [3.8, 4) is 0 Å². The van der Waals surface area contributed by atoms with E-state index in [1.54, 1.807) is 0 Å². The molecule has 4 aliphatic carbocycles. The molecule has 2 aromatic rings. The van der Waals surface area contributed by atoms with Gasteiger partial charge in [-0.1, -0.05) is 24.6 Å². The fourth-order valence-electron chi connectivity index (χ4n) is 7.91. The van der Waals surface area contributed by atoms with Crippen LogP contribution in [-0.4, -0.2) is 40.1 Å². The Hall–Kier alpha value is -1.68. The Morgan fingerprint density at radius 1 is 0.968 bits per heavy atom. The Labute approximate surface area is 186 Å². The van der Waals surface area contributed by atoms with E-state index >= 15 is 0 Å². The van der Waals surface area contributed by atoms with Gasteiger partial charge in [-0.2, -0.15) is 5.10 Å². The first kappa shape index (κ1) is 20.0. The van der Waals surface area contributed by atoms with Crippen molar-refractivity contribution in [2.45, 2.75) is 77.2 Å². The Morgan fingerprint density at radius 3 is 2.35 bits per heavy atom. The Bertz CT molecular complexity index is 919. The summed E-state index contributed by atoms with van der Waals surface area (Å²) >= 11 is 0. The molecule has 1 aliphatic heterocycles. The third-order valence-corrected chi connectivity index (χ3v) is 8.99. The van der Waals surface area contributed by atoms with Crippen LogP contribution in [0.5, 0.6) is 0 Å². The molecule has 4 bridgehead atoms. The van der Waals surface area contributed by atoms with Gasteiger partial charge in [0, 0.05) is 10.8 Å². The molecule has 166 valence electrons. The zero-order valence-electron chi connectivity index (χ0n) is 18.9. The van der Waals surface area contributed by atoms with Gasteiger partial charge in [0.1, 0.15) is 6.54 Å². The number of rotatable bonds is 7. The fourth-order valence-corrected chi connectivity index (χ4v) is 7.91. The number of nitrogens with zero attached hydrogens (tertiary/aromatic N) is 3. The van der Waals surface area contributed by atoms with Crippen molar-refractivity contribution in [3.63, 3.8) is 0 Å². The summed E-state index contributed by atoms with van der Waals surface area (Å²) in [6, 6.07) is 8.56.